The van der Waals surface area contributed by atoms with E-state index in [-0.39, 0.29) is 18.6 Å². The van der Waals surface area contributed by atoms with Gasteiger partial charge in [-0.15, -0.1) is 0 Å². The highest BCUT2D eigenvalue weighted by molar-refractivity contribution is 5.94. The van der Waals surface area contributed by atoms with Crippen molar-refractivity contribution in [2.75, 3.05) is 25.2 Å². The van der Waals surface area contributed by atoms with Crippen molar-refractivity contribution in [3.63, 3.8) is 0 Å². The van der Waals surface area contributed by atoms with Crippen LogP contribution in [0.5, 0.6) is 11.5 Å². The third kappa shape index (κ3) is 1.82. The number of fused-ring (bicyclic) bond motifs is 1. The number of anilines is 1. The van der Waals surface area contributed by atoms with Gasteiger partial charge in [0.15, 0.2) is 11.5 Å². The topological polar surface area (TPSA) is 59.6 Å². The number of hydrogen-bond acceptors (Lipinski definition) is 4. The van der Waals surface area contributed by atoms with Crippen molar-refractivity contribution in [2.24, 2.45) is 5.92 Å². The Morgan fingerprint density at radius 1 is 1.35 bits per heavy atom. The van der Waals surface area contributed by atoms with Crippen molar-refractivity contribution in [2.45, 2.75) is 6.92 Å². The van der Waals surface area contributed by atoms with Gasteiger partial charge in [0.2, 0.25) is 12.7 Å². The van der Waals surface area contributed by atoms with Crippen LogP contribution in [0.3, 0.4) is 0 Å². The first-order valence-electron chi connectivity index (χ1n) is 5.66. The van der Waals surface area contributed by atoms with Crippen molar-refractivity contribution < 1.29 is 14.3 Å². The molecule has 1 aromatic rings. The number of benzene rings is 1. The molecule has 17 heavy (non-hydrogen) atoms. The molecule has 0 radical (unpaired) electrons. The average molecular weight is 234 g/mol. The second-order valence-electron chi connectivity index (χ2n) is 4.36. The minimum atomic E-state index is 0.0608. The van der Waals surface area contributed by atoms with Crippen molar-refractivity contribution in [1.82, 2.24) is 5.32 Å². The number of carbonyl (C=O) groups is 1. The first kappa shape index (κ1) is 10.4. The Bertz CT molecular complexity index is 469. The zero-order chi connectivity index (χ0) is 11.8. The summed E-state index contributed by atoms with van der Waals surface area (Å²) < 4.78 is 10.6. The van der Waals surface area contributed by atoms with E-state index in [2.05, 4.69) is 10.6 Å². The fraction of sp³-hybridized carbons (Fsp3) is 0.417. The first-order chi connectivity index (χ1) is 8.24. The summed E-state index contributed by atoms with van der Waals surface area (Å²) in [6, 6.07) is 3.71. The molecule has 2 N–H and O–H groups in total. The third-order valence-corrected chi connectivity index (χ3v) is 3.13. The first-order valence-corrected chi connectivity index (χ1v) is 5.66. The molecule has 5 heteroatoms. The third-order valence-electron chi connectivity index (χ3n) is 3.13. The lowest BCUT2D eigenvalue weighted by Gasteiger charge is -2.26. The van der Waals surface area contributed by atoms with Gasteiger partial charge >= 0.3 is 0 Å². The Labute approximate surface area is 99.1 Å². The van der Waals surface area contributed by atoms with Gasteiger partial charge in [-0.25, -0.2) is 0 Å². The molecule has 0 bridgehead atoms. The molecule has 90 valence electrons. The summed E-state index contributed by atoms with van der Waals surface area (Å²) in [7, 11) is 0. The Kier molecular flexibility index (Phi) is 2.40. The van der Waals surface area contributed by atoms with E-state index < -0.39 is 0 Å². The molecule has 0 saturated carbocycles. The normalized spacial score (nSPS) is 17.7. The second kappa shape index (κ2) is 3.92. The maximum atomic E-state index is 11.8. The number of ether oxygens (including phenoxy) is 2. The van der Waals surface area contributed by atoms with Gasteiger partial charge in [-0.3, -0.25) is 4.79 Å². The Balaban J connectivity index is 1.80. The lowest BCUT2D eigenvalue weighted by Crippen LogP contribution is -2.48. The van der Waals surface area contributed by atoms with Gasteiger partial charge < -0.3 is 20.1 Å². The molecule has 1 saturated heterocycles. The lowest BCUT2D eigenvalue weighted by molar-refractivity contribution is -0.121. The summed E-state index contributed by atoms with van der Waals surface area (Å²) in [6.45, 7) is 3.71. The molecule has 1 fully saturated rings. The van der Waals surface area contributed by atoms with Crippen molar-refractivity contribution >= 4 is 11.6 Å². The molecule has 2 aliphatic heterocycles. The quantitative estimate of drug-likeness (QED) is 0.797. The smallest absolute Gasteiger partial charge is 0.231 e. The monoisotopic (exact) mass is 234 g/mol. The molecular weight excluding hydrogens is 220 g/mol. The van der Waals surface area contributed by atoms with Gasteiger partial charge in [0.25, 0.3) is 0 Å². The fourth-order valence-corrected chi connectivity index (χ4v) is 1.89. The molecule has 2 heterocycles. The van der Waals surface area contributed by atoms with Crippen LogP contribution in [0.25, 0.3) is 0 Å². The zero-order valence-corrected chi connectivity index (χ0v) is 9.58. The van der Waals surface area contributed by atoms with Gasteiger partial charge in [0.05, 0.1) is 5.92 Å². The lowest BCUT2D eigenvalue weighted by atomic mass is 10.0. The highest BCUT2D eigenvalue weighted by atomic mass is 16.7. The molecule has 1 aromatic carbocycles. The second-order valence-corrected chi connectivity index (χ2v) is 4.36. The molecule has 1 amide bonds. The number of carbonyl (C=O) groups excluding carboxylic acids is 1. The molecule has 0 aromatic heterocycles. The van der Waals surface area contributed by atoms with Crippen LogP contribution in [0, 0.1) is 12.8 Å². The molecule has 0 spiro atoms. The van der Waals surface area contributed by atoms with Gasteiger partial charge in [-0.2, -0.15) is 0 Å². The van der Waals surface area contributed by atoms with E-state index in [1.807, 2.05) is 19.1 Å². The summed E-state index contributed by atoms with van der Waals surface area (Å²) in [4.78, 5) is 11.8. The van der Waals surface area contributed by atoms with Crippen LogP contribution >= 0.6 is 0 Å². The van der Waals surface area contributed by atoms with Crippen LogP contribution in [-0.4, -0.2) is 25.8 Å². The molecule has 3 rings (SSSR count). The standard InChI is InChI=1S/C12H14N2O3/c1-7-2-10-11(17-6-16-10)3-9(7)14-12(15)8-4-13-5-8/h2-3,8,13H,4-6H2,1H3,(H,14,15). The molecule has 0 unspecified atom stereocenters. The van der Waals surface area contributed by atoms with Crippen LogP contribution in [0.15, 0.2) is 12.1 Å². The Morgan fingerprint density at radius 2 is 2.06 bits per heavy atom. The summed E-state index contributed by atoms with van der Waals surface area (Å²) >= 11 is 0. The van der Waals surface area contributed by atoms with Crippen molar-refractivity contribution in [3.05, 3.63) is 17.7 Å². The highest BCUT2D eigenvalue weighted by Gasteiger charge is 2.25. The van der Waals surface area contributed by atoms with Gasteiger partial charge in [-0.05, 0) is 18.6 Å². The molecule has 0 atom stereocenters. The van der Waals surface area contributed by atoms with E-state index in [1.54, 1.807) is 0 Å². The van der Waals surface area contributed by atoms with E-state index in [4.69, 9.17) is 9.47 Å². The van der Waals surface area contributed by atoms with Crippen LogP contribution < -0.4 is 20.1 Å². The number of nitrogens with one attached hydrogen (secondary N) is 2. The van der Waals surface area contributed by atoms with Crippen LogP contribution in [-0.2, 0) is 4.79 Å². The average Bonchev–Trinajstić information content (AvgIpc) is 2.62. The van der Waals surface area contributed by atoms with Gasteiger partial charge in [-0.1, -0.05) is 0 Å². The van der Waals surface area contributed by atoms with Crippen LogP contribution in [0.4, 0.5) is 5.69 Å². The maximum absolute atomic E-state index is 11.8. The number of aryl methyl sites for hydroxylation is 1. The maximum Gasteiger partial charge on any atom is 0.231 e. The Hall–Kier alpha value is -1.75. The minimum absolute atomic E-state index is 0.0608. The predicted molar refractivity (Wildman–Crippen MR) is 62.3 cm³/mol. The minimum Gasteiger partial charge on any atom is -0.454 e. The van der Waals surface area contributed by atoms with E-state index in [9.17, 15) is 4.79 Å². The fourth-order valence-electron chi connectivity index (χ4n) is 1.89. The molecule has 5 nitrogen and oxygen atoms in total. The van der Waals surface area contributed by atoms with Crippen LogP contribution in [0.1, 0.15) is 5.56 Å². The molecular formula is C12H14N2O3. The summed E-state index contributed by atoms with van der Waals surface area (Å²) in [5.74, 6) is 1.58. The SMILES string of the molecule is Cc1cc2c(cc1NC(=O)C1CNC1)OCO2. The zero-order valence-electron chi connectivity index (χ0n) is 9.58. The number of amides is 1. The van der Waals surface area contributed by atoms with Crippen molar-refractivity contribution in [1.29, 1.82) is 0 Å². The van der Waals surface area contributed by atoms with Gasteiger partial charge in [0, 0.05) is 24.8 Å². The summed E-state index contributed by atoms with van der Waals surface area (Å²) in [5, 5.41) is 6.01. The number of rotatable bonds is 2. The summed E-state index contributed by atoms with van der Waals surface area (Å²) in [6.07, 6.45) is 0. The Morgan fingerprint density at radius 3 is 2.71 bits per heavy atom. The van der Waals surface area contributed by atoms with E-state index in [0.29, 0.717) is 5.75 Å². The molecule has 2 aliphatic rings. The van der Waals surface area contributed by atoms with Crippen molar-refractivity contribution in [3.8, 4) is 11.5 Å². The van der Waals surface area contributed by atoms with E-state index in [0.717, 1.165) is 30.1 Å². The number of hydrogen-bond donors (Lipinski definition) is 2. The van der Waals surface area contributed by atoms with E-state index in [1.165, 1.54) is 0 Å². The summed E-state index contributed by atoms with van der Waals surface area (Å²) in [5.41, 5.74) is 1.78. The van der Waals surface area contributed by atoms with E-state index >= 15 is 0 Å². The van der Waals surface area contributed by atoms with Gasteiger partial charge in [0.1, 0.15) is 0 Å². The predicted octanol–water partition coefficient (Wildman–Crippen LogP) is 0.882. The van der Waals surface area contributed by atoms with Crippen LogP contribution in [0.2, 0.25) is 0 Å². The molecule has 0 aliphatic carbocycles. The largest absolute Gasteiger partial charge is 0.454 e. The highest BCUT2D eigenvalue weighted by Crippen LogP contribution is 2.36.